The molecule has 4 rings (SSSR count). The fraction of sp³-hybridized carbons (Fsp3) is 0.192. The fourth-order valence-corrected chi connectivity index (χ4v) is 3.76. The lowest BCUT2D eigenvalue weighted by atomic mass is 10.2. The molecule has 0 aliphatic rings. The van der Waals surface area contributed by atoms with Gasteiger partial charge in [0.05, 0.1) is 17.6 Å². The van der Waals surface area contributed by atoms with E-state index in [-0.39, 0.29) is 11.0 Å². The summed E-state index contributed by atoms with van der Waals surface area (Å²) in [4.78, 5) is 20.5. The molecular weight excluding hydrogens is 468 g/mol. The van der Waals surface area contributed by atoms with E-state index in [9.17, 15) is 4.79 Å². The number of rotatable bonds is 7. The number of anilines is 1. The van der Waals surface area contributed by atoms with E-state index in [4.69, 9.17) is 28.6 Å². The number of hydrogen-bond acceptors (Lipinski definition) is 4. The maximum atomic E-state index is 12.6. The molecular formula is C26H25ClN4O2S. The molecule has 0 saturated carbocycles. The number of unbranched alkanes of at least 4 members (excludes halogenated alkanes) is 1. The number of thiocarbonyl (C=S) groups is 1. The van der Waals surface area contributed by atoms with Gasteiger partial charge in [-0.1, -0.05) is 37.1 Å². The van der Waals surface area contributed by atoms with Gasteiger partial charge in [0, 0.05) is 21.8 Å². The minimum Gasteiger partial charge on any atom is -0.494 e. The molecule has 0 fully saturated rings. The highest BCUT2D eigenvalue weighted by Gasteiger charge is 2.11. The Balaban J connectivity index is 1.40. The van der Waals surface area contributed by atoms with Gasteiger partial charge in [-0.15, -0.1) is 0 Å². The van der Waals surface area contributed by atoms with Gasteiger partial charge >= 0.3 is 0 Å². The monoisotopic (exact) mass is 492 g/mol. The summed E-state index contributed by atoms with van der Waals surface area (Å²) < 4.78 is 5.64. The van der Waals surface area contributed by atoms with Crippen LogP contribution in [-0.4, -0.2) is 27.6 Å². The van der Waals surface area contributed by atoms with Crippen molar-refractivity contribution in [2.75, 3.05) is 11.9 Å². The average Bonchev–Trinajstić information content (AvgIpc) is 3.23. The lowest BCUT2D eigenvalue weighted by Crippen LogP contribution is -2.34. The second-order valence-corrected chi connectivity index (χ2v) is 8.73. The number of hydrogen-bond donors (Lipinski definition) is 3. The van der Waals surface area contributed by atoms with Crippen molar-refractivity contribution in [1.29, 1.82) is 0 Å². The van der Waals surface area contributed by atoms with Gasteiger partial charge in [-0.25, -0.2) is 4.98 Å². The van der Waals surface area contributed by atoms with Crippen LogP contribution in [0.5, 0.6) is 5.75 Å². The Kier molecular flexibility index (Phi) is 7.45. The number of nitrogens with one attached hydrogen (secondary N) is 3. The number of carbonyl (C=O) groups is 1. The molecule has 1 amide bonds. The third-order valence-electron chi connectivity index (χ3n) is 5.27. The van der Waals surface area contributed by atoms with Crippen LogP contribution < -0.4 is 15.4 Å². The third kappa shape index (κ3) is 5.73. The van der Waals surface area contributed by atoms with Crippen molar-refractivity contribution in [2.24, 2.45) is 0 Å². The first-order valence-electron chi connectivity index (χ1n) is 11.0. The molecule has 1 aromatic heterocycles. The number of aromatic nitrogens is 2. The number of aryl methyl sites for hydroxylation is 1. The Morgan fingerprint density at radius 1 is 1.15 bits per heavy atom. The molecule has 1 heterocycles. The molecule has 6 nitrogen and oxygen atoms in total. The summed E-state index contributed by atoms with van der Waals surface area (Å²) in [5.74, 6) is 1.17. The zero-order chi connectivity index (χ0) is 24.1. The van der Waals surface area contributed by atoms with Crippen LogP contribution in [0, 0.1) is 6.92 Å². The van der Waals surface area contributed by atoms with Crippen molar-refractivity contribution in [3.05, 3.63) is 76.8 Å². The number of carbonyl (C=O) groups excluding carboxylic acids is 1. The smallest absolute Gasteiger partial charge is 0.257 e. The number of aromatic amines is 1. The highest BCUT2D eigenvalue weighted by molar-refractivity contribution is 7.80. The first-order chi connectivity index (χ1) is 16.4. The van der Waals surface area contributed by atoms with Crippen LogP contribution in [0.25, 0.3) is 22.4 Å². The van der Waals surface area contributed by atoms with E-state index in [0.29, 0.717) is 17.2 Å². The van der Waals surface area contributed by atoms with Gasteiger partial charge in [0.2, 0.25) is 0 Å². The normalized spacial score (nSPS) is 10.8. The summed E-state index contributed by atoms with van der Waals surface area (Å²) in [6, 6.07) is 18.5. The lowest BCUT2D eigenvalue weighted by molar-refractivity contribution is 0.0977. The van der Waals surface area contributed by atoms with Gasteiger partial charge in [0.1, 0.15) is 11.6 Å². The molecule has 0 unspecified atom stereocenters. The number of benzene rings is 3. The topological polar surface area (TPSA) is 79.0 Å². The molecule has 3 N–H and O–H groups in total. The minimum atomic E-state index is -0.293. The highest BCUT2D eigenvalue weighted by Crippen LogP contribution is 2.26. The number of imidazole rings is 1. The molecule has 0 aliphatic heterocycles. The largest absolute Gasteiger partial charge is 0.494 e. The molecule has 0 spiro atoms. The summed E-state index contributed by atoms with van der Waals surface area (Å²) in [6.45, 7) is 4.73. The van der Waals surface area contributed by atoms with E-state index in [1.54, 1.807) is 24.3 Å². The number of fused-ring (bicyclic) bond motifs is 1. The van der Waals surface area contributed by atoms with E-state index in [2.05, 4.69) is 27.5 Å². The van der Waals surface area contributed by atoms with Gasteiger partial charge in [-0.05, 0) is 79.7 Å². The summed E-state index contributed by atoms with van der Waals surface area (Å²) in [5, 5.41) is 6.66. The zero-order valence-corrected chi connectivity index (χ0v) is 20.5. The summed E-state index contributed by atoms with van der Waals surface area (Å²) in [5.41, 5.74) is 4.81. The quantitative estimate of drug-likeness (QED) is 0.203. The highest BCUT2D eigenvalue weighted by atomic mass is 35.5. The van der Waals surface area contributed by atoms with E-state index >= 15 is 0 Å². The van der Waals surface area contributed by atoms with Crippen LogP contribution in [0.15, 0.2) is 60.7 Å². The Hall–Kier alpha value is -3.42. The second-order valence-electron chi connectivity index (χ2n) is 7.92. The van der Waals surface area contributed by atoms with Gasteiger partial charge in [0.25, 0.3) is 5.91 Å². The van der Waals surface area contributed by atoms with Crippen LogP contribution in [0.2, 0.25) is 5.02 Å². The van der Waals surface area contributed by atoms with E-state index < -0.39 is 0 Å². The molecule has 8 heteroatoms. The Labute approximate surface area is 208 Å². The van der Waals surface area contributed by atoms with Crippen LogP contribution in [-0.2, 0) is 0 Å². The minimum absolute atomic E-state index is 0.206. The Morgan fingerprint density at radius 3 is 2.71 bits per heavy atom. The summed E-state index contributed by atoms with van der Waals surface area (Å²) in [7, 11) is 0. The predicted octanol–water partition coefficient (Wildman–Crippen LogP) is 6.50. The Bertz CT molecular complexity index is 1300. The van der Waals surface area contributed by atoms with Crippen molar-refractivity contribution < 1.29 is 9.53 Å². The summed E-state index contributed by atoms with van der Waals surface area (Å²) in [6.07, 6.45) is 2.06. The molecule has 34 heavy (non-hydrogen) atoms. The number of amides is 1. The SMILES string of the molecule is CCCCOc1ccc(C(=O)NC(=S)Nc2cccc(-c3nc4cc(Cl)c(C)cc4[nH]3)c2)cc1. The first kappa shape index (κ1) is 23.7. The predicted molar refractivity (Wildman–Crippen MR) is 142 cm³/mol. The molecule has 0 bridgehead atoms. The number of halogens is 1. The molecule has 0 radical (unpaired) electrons. The van der Waals surface area contributed by atoms with Gasteiger partial charge in [-0.2, -0.15) is 0 Å². The zero-order valence-electron chi connectivity index (χ0n) is 18.9. The van der Waals surface area contributed by atoms with Crippen LogP contribution in [0.1, 0.15) is 35.7 Å². The van der Waals surface area contributed by atoms with E-state index in [1.165, 1.54) is 0 Å². The second kappa shape index (κ2) is 10.7. The maximum Gasteiger partial charge on any atom is 0.257 e. The molecule has 4 aromatic rings. The molecule has 3 aromatic carbocycles. The lowest BCUT2D eigenvalue weighted by Gasteiger charge is -2.11. The standard InChI is InChI=1S/C26H25ClN4O2S/c1-3-4-12-33-20-10-8-17(9-11-20)25(32)31-26(34)28-19-7-5-6-18(14-19)24-29-22-13-16(2)21(27)15-23(22)30-24/h5-11,13-15H,3-4,12H2,1-2H3,(H,29,30)(H2,28,31,32,34). The van der Waals surface area contributed by atoms with Crippen molar-refractivity contribution in [1.82, 2.24) is 15.3 Å². The van der Waals surface area contributed by atoms with Crippen molar-refractivity contribution in [3.63, 3.8) is 0 Å². The summed E-state index contributed by atoms with van der Waals surface area (Å²) >= 11 is 11.6. The van der Waals surface area contributed by atoms with Crippen LogP contribution in [0.4, 0.5) is 5.69 Å². The van der Waals surface area contributed by atoms with Crippen molar-refractivity contribution >= 4 is 51.6 Å². The average molecular weight is 493 g/mol. The Morgan fingerprint density at radius 2 is 1.94 bits per heavy atom. The molecule has 0 saturated heterocycles. The van der Waals surface area contributed by atoms with E-state index in [0.717, 1.165) is 52.3 Å². The maximum absolute atomic E-state index is 12.6. The molecule has 0 atom stereocenters. The van der Waals surface area contributed by atoms with Crippen LogP contribution in [0.3, 0.4) is 0 Å². The van der Waals surface area contributed by atoms with Crippen molar-refractivity contribution in [2.45, 2.75) is 26.7 Å². The van der Waals surface area contributed by atoms with Crippen LogP contribution >= 0.6 is 23.8 Å². The number of ether oxygens (including phenoxy) is 1. The number of nitrogens with zero attached hydrogens (tertiary/aromatic N) is 1. The fourth-order valence-electron chi connectivity index (χ4n) is 3.40. The van der Waals surface area contributed by atoms with Gasteiger partial charge < -0.3 is 15.0 Å². The van der Waals surface area contributed by atoms with E-state index in [1.807, 2.05) is 43.3 Å². The van der Waals surface area contributed by atoms with Crippen molar-refractivity contribution in [3.8, 4) is 17.1 Å². The third-order valence-corrected chi connectivity index (χ3v) is 5.88. The first-order valence-corrected chi connectivity index (χ1v) is 11.8. The molecule has 0 aliphatic carbocycles. The van der Waals surface area contributed by atoms with Gasteiger partial charge in [-0.3, -0.25) is 10.1 Å². The number of H-pyrrole nitrogens is 1. The van der Waals surface area contributed by atoms with Gasteiger partial charge in [0.15, 0.2) is 5.11 Å². The molecule has 174 valence electrons.